The molecule has 2 aliphatic rings. The molecule has 0 atom stereocenters. The highest BCUT2D eigenvalue weighted by Crippen LogP contribution is 2.50. The fourth-order valence-electron chi connectivity index (χ4n) is 1.97. The van der Waals surface area contributed by atoms with Crippen molar-refractivity contribution >= 4 is 0 Å². The van der Waals surface area contributed by atoms with Gasteiger partial charge in [0.15, 0.2) is 0 Å². The minimum absolute atomic E-state index is 0.0342. The predicted octanol–water partition coefficient (Wildman–Crippen LogP) is 1.21. The molecule has 0 N–H and O–H groups in total. The van der Waals surface area contributed by atoms with E-state index in [2.05, 4.69) is 15.7 Å². The number of hydrogen-bond acceptors (Lipinski definition) is 2. The standard InChI is InChI=1S/C9H12N2O/c1-7-6-11-4-5-12-9(2-3-9)8(11)10-7/h6H,2-5H2,1H3. The third kappa shape index (κ3) is 0.719. The van der Waals surface area contributed by atoms with Crippen LogP contribution in [0.5, 0.6) is 0 Å². The van der Waals surface area contributed by atoms with Gasteiger partial charge in [-0.2, -0.15) is 0 Å². The van der Waals surface area contributed by atoms with Gasteiger partial charge in [0.1, 0.15) is 11.4 Å². The van der Waals surface area contributed by atoms with Gasteiger partial charge >= 0.3 is 0 Å². The number of imidazole rings is 1. The fourth-order valence-corrected chi connectivity index (χ4v) is 1.97. The van der Waals surface area contributed by atoms with Gasteiger partial charge in [-0.3, -0.25) is 0 Å². The highest BCUT2D eigenvalue weighted by molar-refractivity contribution is 5.18. The van der Waals surface area contributed by atoms with Crippen LogP contribution in [-0.2, 0) is 16.9 Å². The first-order valence-corrected chi connectivity index (χ1v) is 4.48. The molecule has 1 saturated carbocycles. The Labute approximate surface area is 71.4 Å². The second-order valence-corrected chi connectivity index (χ2v) is 3.74. The van der Waals surface area contributed by atoms with Crippen LogP contribution in [0.2, 0.25) is 0 Å². The van der Waals surface area contributed by atoms with Crippen LogP contribution >= 0.6 is 0 Å². The van der Waals surface area contributed by atoms with Gasteiger partial charge in [-0.1, -0.05) is 0 Å². The molecule has 2 heterocycles. The zero-order chi connectivity index (χ0) is 8.18. The smallest absolute Gasteiger partial charge is 0.141 e. The molecule has 0 saturated heterocycles. The number of rotatable bonds is 0. The first kappa shape index (κ1) is 6.66. The van der Waals surface area contributed by atoms with Gasteiger partial charge < -0.3 is 9.30 Å². The number of ether oxygens (including phenoxy) is 1. The lowest BCUT2D eigenvalue weighted by Crippen LogP contribution is -2.26. The van der Waals surface area contributed by atoms with Crippen LogP contribution in [0.1, 0.15) is 24.4 Å². The van der Waals surface area contributed by atoms with Crippen molar-refractivity contribution < 1.29 is 4.74 Å². The number of nitrogens with zero attached hydrogens (tertiary/aromatic N) is 2. The third-order valence-electron chi connectivity index (χ3n) is 2.72. The Kier molecular flexibility index (Phi) is 1.06. The molecule has 1 spiro atoms. The number of aryl methyl sites for hydroxylation is 1. The molecule has 1 aliphatic carbocycles. The van der Waals surface area contributed by atoms with E-state index in [0.29, 0.717) is 0 Å². The van der Waals surface area contributed by atoms with Gasteiger partial charge in [-0.05, 0) is 19.8 Å². The van der Waals surface area contributed by atoms with Crippen LogP contribution in [-0.4, -0.2) is 16.2 Å². The zero-order valence-corrected chi connectivity index (χ0v) is 7.21. The van der Waals surface area contributed by atoms with Gasteiger partial charge in [0.25, 0.3) is 0 Å². The van der Waals surface area contributed by atoms with Crippen LogP contribution < -0.4 is 0 Å². The molecule has 1 aliphatic heterocycles. The van der Waals surface area contributed by atoms with E-state index in [1.165, 1.54) is 0 Å². The van der Waals surface area contributed by atoms with Gasteiger partial charge in [-0.15, -0.1) is 0 Å². The molecule has 1 aromatic heterocycles. The van der Waals surface area contributed by atoms with Crippen molar-refractivity contribution in [2.75, 3.05) is 6.61 Å². The highest BCUT2D eigenvalue weighted by Gasteiger charge is 2.51. The topological polar surface area (TPSA) is 27.1 Å². The first-order chi connectivity index (χ1) is 5.80. The van der Waals surface area contributed by atoms with E-state index < -0.39 is 0 Å². The summed E-state index contributed by atoms with van der Waals surface area (Å²) in [7, 11) is 0. The molecule has 0 unspecified atom stereocenters. The molecule has 3 heteroatoms. The fraction of sp³-hybridized carbons (Fsp3) is 0.667. The van der Waals surface area contributed by atoms with Crippen molar-refractivity contribution in [3.8, 4) is 0 Å². The van der Waals surface area contributed by atoms with Crippen molar-refractivity contribution in [3.05, 3.63) is 17.7 Å². The molecule has 0 radical (unpaired) electrons. The van der Waals surface area contributed by atoms with Crippen molar-refractivity contribution in [2.24, 2.45) is 0 Å². The maximum atomic E-state index is 5.73. The maximum absolute atomic E-state index is 5.73. The molecule has 0 aromatic carbocycles. The molecular weight excluding hydrogens is 152 g/mol. The van der Waals surface area contributed by atoms with Crippen LogP contribution in [0.25, 0.3) is 0 Å². The Morgan fingerprint density at radius 2 is 2.42 bits per heavy atom. The Morgan fingerprint density at radius 1 is 1.58 bits per heavy atom. The SMILES string of the molecule is Cc1cn2c(n1)C1(CC1)OCC2. The van der Waals surface area contributed by atoms with Crippen molar-refractivity contribution in [2.45, 2.75) is 31.9 Å². The monoisotopic (exact) mass is 164 g/mol. The van der Waals surface area contributed by atoms with E-state index >= 15 is 0 Å². The van der Waals surface area contributed by atoms with Gasteiger partial charge in [0, 0.05) is 12.7 Å². The number of aromatic nitrogens is 2. The summed E-state index contributed by atoms with van der Waals surface area (Å²) in [5.74, 6) is 1.16. The van der Waals surface area contributed by atoms with Gasteiger partial charge in [0.05, 0.1) is 12.3 Å². The molecule has 0 amide bonds. The highest BCUT2D eigenvalue weighted by atomic mass is 16.5. The van der Waals surface area contributed by atoms with E-state index in [1.807, 2.05) is 6.92 Å². The van der Waals surface area contributed by atoms with Crippen LogP contribution in [0, 0.1) is 6.92 Å². The first-order valence-electron chi connectivity index (χ1n) is 4.48. The Bertz CT molecular complexity index is 325. The van der Waals surface area contributed by atoms with Crippen LogP contribution in [0.4, 0.5) is 0 Å². The molecule has 12 heavy (non-hydrogen) atoms. The minimum atomic E-state index is 0.0342. The summed E-state index contributed by atoms with van der Waals surface area (Å²) in [5, 5.41) is 0. The largest absolute Gasteiger partial charge is 0.365 e. The third-order valence-corrected chi connectivity index (χ3v) is 2.72. The second kappa shape index (κ2) is 1.91. The van der Waals surface area contributed by atoms with Crippen LogP contribution in [0.15, 0.2) is 6.20 Å². The number of fused-ring (bicyclic) bond motifs is 2. The van der Waals surface area contributed by atoms with Gasteiger partial charge in [-0.25, -0.2) is 4.98 Å². The molecule has 3 rings (SSSR count). The summed E-state index contributed by atoms with van der Waals surface area (Å²) in [6.07, 6.45) is 4.44. The second-order valence-electron chi connectivity index (χ2n) is 3.74. The average molecular weight is 164 g/mol. The number of hydrogen-bond donors (Lipinski definition) is 0. The van der Waals surface area contributed by atoms with E-state index in [4.69, 9.17) is 4.74 Å². The van der Waals surface area contributed by atoms with Crippen molar-refractivity contribution in [1.29, 1.82) is 0 Å². The van der Waals surface area contributed by atoms with Gasteiger partial charge in [0.2, 0.25) is 0 Å². The quantitative estimate of drug-likeness (QED) is 0.576. The Hall–Kier alpha value is -0.830. The molecule has 64 valence electrons. The lowest BCUT2D eigenvalue weighted by Gasteiger charge is -2.23. The van der Waals surface area contributed by atoms with E-state index in [9.17, 15) is 0 Å². The average Bonchev–Trinajstić information content (AvgIpc) is 2.68. The summed E-state index contributed by atoms with van der Waals surface area (Å²) < 4.78 is 7.97. The minimum Gasteiger partial charge on any atom is -0.365 e. The zero-order valence-electron chi connectivity index (χ0n) is 7.21. The van der Waals surface area contributed by atoms with Crippen molar-refractivity contribution in [1.82, 2.24) is 9.55 Å². The van der Waals surface area contributed by atoms with E-state index in [-0.39, 0.29) is 5.60 Å². The molecule has 1 aromatic rings. The molecule has 3 nitrogen and oxygen atoms in total. The maximum Gasteiger partial charge on any atom is 0.141 e. The van der Waals surface area contributed by atoms with E-state index in [0.717, 1.165) is 37.5 Å². The Balaban J connectivity index is 2.15. The summed E-state index contributed by atoms with van der Waals surface area (Å²) in [5.41, 5.74) is 1.15. The van der Waals surface area contributed by atoms with Crippen molar-refractivity contribution in [3.63, 3.8) is 0 Å². The normalized spacial score (nSPS) is 24.1. The lowest BCUT2D eigenvalue weighted by atomic mass is 10.3. The molecule has 0 bridgehead atoms. The predicted molar refractivity (Wildman–Crippen MR) is 43.8 cm³/mol. The summed E-state index contributed by atoms with van der Waals surface area (Å²) in [4.78, 5) is 4.50. The summed E-state index contributed by atoms with van der Waals surface area (Å²) in [6.45, 7) is 3.86. The van der Waals surface area contributed by atoms with E-state index in [1.54, 1.807) is 0 Å². The summed E-state index contributed by atoms with van der Waals surface area (Å²) >= 11 is 0. The summed E-state index contributed by atoms with van der Waals surface area (Å²) in [6, 6.07) is 0. The Morgan fingerprint density at radius 3 is 3.17 bits per heavy atom. The molecule has 1 fully saturated rings. The van der Waals surface area contributed by atoms with Crippen LogP contribution in [0.3, 0.4) is 0 Å². The molecular formula is C9H12N2O. The lowest BCUT2D eigenvalue weighted by molar-refractivity contribution is -0.00510.